The largest absolute Gasteiger partial charge is 0.494 e. The van der Waals surface area contributed by atoms with Crippen molar-refractivity contribution in [1.82, 2.24) is 5.32 Å². The van der Waals surface area contributed by atoms with E-state index in [0.29, 0.717) is 0 Å². The zero-order valence-electron chi connectivity index (χ0n) is 11.3. The van der Waals surface area contributed by atoms with E-state index >= 15 is 0 Å². The molecule has 0 bridgehead atoms. The van der Waals surface area contributed by atoms with Gasteiger partial charge in [0.15, 0.2) is 11.6 Å². The molecule has 1 unspecified atom stereocenters. The van der Waals surface area contributed by atoms with Crippen molar-refractivity contribution in [2.75, 3.05) is 13.7 Å². The maximum atomic E-state index is 13.5. The van der Waals surface area contributed by atoms with Crippen LogP contribution in [0.2, 0.25) is 0 Å². The minimum Gasteiger partial charge on any atom is -0.494 e. The fraction of sp³-hybridized carbons (Fsp3) is 0.571. The average Bonchev–Trinajstić information content (AvgIpc) is 2.24. The van der Waals surface area contributed by atoms with Gasteiger partial charge in [0.2, 0.25) is 0 Å². The first-order valence-corrected chi connectivity index (χ1v) is 5.90. The van der Waals surface area contributed by atoms with Crippen molar-refractivity contribution in [1.29, 1.82) is 0 Å². The lowest BCUT2D eigenvalue weighted by atomic mass is 9.96. The van der Waals surface area contributed by atoms with Gasteiger partial charge in [-0.25, -0.2) is 4.39 Å². The van der Waals surface area contributed by atoms with Crippen molar-refractivity contribution in [2.24, 2.45) is 5.41 Å². The van der Waals surface area contributed by atoms with Crippen LogP contribution >= 0.6 is 0 Å². The third-order valence-electron chi connectivity index (χ3n) is 2.61. The highest BCUT2D eigenvalue weighted by atomic mass is 19.1. The van der Waals surface area contributed by atoms with Gasteiger partial charge in [-0.05, 0) is 30.0 Å². The third kappa shape index (κ3) is 4.35. The maximum absolute atomic E-state index is 13.5. The molecule has 0 heterocycles. The summed E-state index contributed by atoms with van der Waals surface area (Å²) >= 11 is 0. The topological polar surface area (TPSA) is 21.3 Å². The second kappa shape index (κ2) is 5.50. The Morgan fingerprint density at radius 2 is 2.00 bits per heavy atom. The van der Waals surface area contributed by atoms with Crippen LogP contribution in [0.3, 0.4) is 0 Å². The Bertz CT molecular complexity index is 371. The molecule has 3 heteroatoms. The maximum Gasteiger partial charge on any atom is 0.165 e. The molecule has 1 aromatic carbocycles. The Labute approximate surface area is 103 Å². The second-order valence-corrected chi connectivity index (χ2v) is 5.56. The highest BCUT2D eigenvalue weighted by molar-refractivity contribution is 5.30. The molecule has 0 spiro atoms. The van der Waals surface area contributed by atoms with Gasteiger partial charge in [-0.3, -0.25) is 0 Å². The Morgan fingerprint density at radius 1 is 1.35 bits per heavy atom. The zero-order valence-corrected chi connectivity index (χ0v) is 11.3. The fourth-order valence-electron chi connectivity index (χ4n) is 1.53. The normalized spacial score (nSPS) is 13.5. The van der Waals surface area contributed by atoms with E-state index in [1.54, 1.807) is 6.07 Å². The fourth-order valence-corrected chi connectivity index (χ4v) is 1.53. The van der Waals surface area contributed by atoms with Gasteiger partial charge in [-0.2, -0.15) is 0 Å². The lowest BCUT2D eigenvalue weighted by molar-refractivity contribution is 0.358. The van der Waals surface area contributed by atoms with E-state index in [9.17, 15) is 4.39 Å². The first-order chi connectivity index (χ1) is 7.83. The molecule has 1 N–H and O–H groups in total. The second-order valence-electron chi connectivity index (χ2n) is 5.56. The zero-order chi connectivity index (χ0) is 13.1. The van der Waals surface area contributed by atoms with Crippen LogP contribution in [0.4, 0.5) is 4.39 Å². The van der Waals surface area contributed by atoms with Crippen LogP contribution in [-0.2, 0) is 0 Å². The van der Waals surface area contributed by atoms with Gasteiger partial charge < -0.3 is 10.1 Å². The summed E-state index contributed by atoms with van der Waals surface area (Å²) < 4.78 is 18.4. The van der Waals surface area contributed by atoms with Crippen LogP contribution < -0.4 is 10.1 Å². The highest BCUT2D eigenvalue weighted by Gasteiger charge is 2.14. The number of hydrogen-bond donors (Lipinski definition) is 1. The van der Waals surface area contributed by atoms with Gasteiger partial charge in [0.1, 0.15) is 0 Å². The molecule has 0 saturated carbocycles. The summed E-state index contributed by atoms with van der Waals surface area (Å²) in [7, 11) is 1.47. The van der Waals surface area contributed by atoms with Crippen LogP contribution in [0.1, 0.15) is 39.3 Å². The number of methoxy groups -OCH3 is 1. The van der Waals surface area contributed by atoms with Crippen LogP contribution in [0.15, 0.2) is 18.2 Å². The summed E-state index contributed by atoms with van der Waals surface area (Å²) in [6.07, 6.45) is 0. The van der Waals surface area contributed by atoms with E-state index in [0.717, 1.165) is 12.1 Å². The number of rotatable bonds is 4. The van der Waals surface area contributed by atoms with Crippen molar-refractivity contribution in [3.63, 3.8) is 0 Å². The van der Waals surface area contributed by atoms with Gasteiger partial charge in [0, 0.05) is 12.6 Å². The molecule has 17 heavy (non-hydrogen) atoms. The van der Waals surface area contributed by atoms with Crippen molar-refractivity contribution in [3.05, 3.63) is 29.6 Å². The van der Waals surface area contributed by atoms with Crippen LogP contribution in [-0.4, -0.2) is 13.7 Å². The molecule has 1 atom stereocenters. The lowest BCUT2D eigenvalue weighted by Crippen LogP contribution is -2.29. The van der Waals surface area contributed by atoms with E-state index < -0.39 is 0 Å². The molecule has 0 fully saturated rings. The third-order valence-corrected chi connectivity index (χ3v) is 2.61. The molecule has 96 valence electrons. The number of benzene rings is 1. The lowest BCUT2D eigenvalue weighted by Gasteiger charge is -2.23. The van der Waals surface area contributed by atoms with E-state index in [-0.39, 0.29) is 23.0 Å². The van der Waals surface area contributed by atoms with Crippen LogP contribution in [0.5, 0.6) is 5.75 Å². The molecule has 0 aliphatic rings. The first kappa shape index (κ1) is 14.0. The quantitative estimate of drug-likeness (QED) is 0.868. The minimum atomic E-state index is -0.311. The Hall–Kier alpha value is -1.09. The van der Waals surface area contributed by atoms with Crippen molar-refractivity contribution in [3.8, 4) is 5.75 Å². The molecule has 1 rings (SSSR count). The van der Waals surface area contributed by atoms with E-state index in [4.69, 9.17) is 4.74 Å². The van der Waals surface area contributed by atoms with Gasteiger partial charge in [-0.15, -0.1) is 0 Å². The highest BCUT2D eigenvalue weighted by Crippen LogP contribution is 2.22. The van der Waals surface area contributed by atoms with Crippen molar-refractivity contribution in [2.45, 2.75) is 33.7 Å². The summed E-state index contributed by atoms with van der Waals surface area (Å²) in [4.78, 5) is 0. The van der Waals surface area contributed by atoms with E-state index in [1.807, 2.05) is 13.0 Å². The summed E-state index contributed by atoms with van der Waals surface area (Å²) in [5.41, 5.74) is 1.16. The predicted molar refractivity (Wildman–Crippen MR) is 68.8 cm³/mol. The van der Waals surface area contributed by atoms with E-state index in [1.165, 1.54) is 13.2 Å². The Morgan fingerprint density at radius 3 is 2.47 bits per heavy atom. The molecule has 0 saturated heterocycles. The molecule has 2 nitrogen and oxygen atoms in total. The standard InChI is InChI=1S/C14H22FNO/c1-10(16-9-14(2,3)4)11-6-7-13(17-5)12(15)8-11/h6-8,10,16H,9H2,1-5H3. The summed E-state index contributed by atoms with van der Waals surface area (Å²) in [6.45, 7) is 9.43. The van der Waals surface area contributed by atoms with Crippen LogP contribution in [0.25, 0.3) is 0 Å². The molecule has 0 aromatic heterocycles. The predicted octanol–water partition coefficient (Wildman–Crippen LogP) is 3.53. The molecule has 1 aromatic rings. The number of nitrogens with one attached hydrogen (secondary N) is 1. The summed E-state index contributed by atoms with van der Waals surface area (Å²) in [6, 6.07) is 5.22. The Balaban J connectivity index is 2.69. The van der Waals surface area contributed by atoms with Crippen molar-refractivity contribution < 1.29 is 9.13 Å². The van der Waals surface area contributed by atoms with Gasteiger partial charge in [0.25, 0.3) is 0 Å². The molecule has 0 amide bonds. The SMILES string of the molecule is COc1ccc(C(C)NCC(C)(C)C)cc1F. The Kier molecular flexibility index (Phi) is 4.52. The molecular formula is C14H22FNO. The summed E-state index contributed by atoms with van der Waals surface area (Å²) in [5.74, 6) is -0.0221. The minimum absolute atomic E-state index is 0.134. The van der Waals surface area contributed by atoms with Gasteiger partial charge in [0.05, 0.1) is 7.11 Å². The first-order valence-electron chi connectivity index (χ1n) is 5.90. The van der Waals surface area contributed by atoms with Gasteiger partial charge in [-0.1, -0.05) is 26.8 Å². The van der Waals surface area contributed by atoms with Gasteiger partial charge >= 0.3 is 0 Å². The van der Waals surface area contributed by atoms with Crippen molar-refractivity contribution >= 4 is 0 Å². The summed E-state index contributed by atoms with van der Waals surface area (Å²) in [5, 5.41) is 3.40. The molecular weight excluding hydrogens is 217 g/mol. The number of hydrogen-bond acceptors (Lipinski definition) is 2. The number of ether oxygens (including phenoxy) is 1. The molecule has 0 aliphatic heterocycles. The smallest absolute Gasteiger partial charge is 0.165 e. The number of halogens is 1. The molecule has 0 radical (unpaired) electrons. The monoisotopic (exact) mass is 239 g/mol. The van der Waals surface area contributed by atoms with E-state index in [2.05, 4.69) is 26.1 Å². The average molecular weight is 239 g/mol. The van der Waals surface area contributed by atoms with Crippen LogP contribution in [0, 0.1) is 11.2 Å². The molecule has 0 aliphatic carbocycles.